The number of amides is 1. The third-order valence-corrected chi connectivity index (χ3v) is 2.53. The number of rotatable bonds is 5. The Kier molecular flexibility index (Phi) is 5.10. The first-order chi connectivity index (χ1) is 8.02. The molecule has 1 amide bonds. The summed E-state index contributed by atoms with van der Waals surface area (Å²) in [6, 6.07) is 5.75. The van der Waals surface area contributed by atoms with E-state index in [0.717, 1.165) is 11.4 Å². The summed E-state index contributed by atoms with van der Waals surface area (Å²) in [6.07, 6.45) is 0.389. The van der Waals surface area contributed by atoms with Gasteiger partial charge in [-0.05, 0) is 32.9 Å². The van der Waals surface area contributed by atoms with E-state index in [0.29, 0.717) is 19.5 Å². The van der Waals surface area contributed by atoms with Gasteiger partial charge in [0.05, 0.1) is 12.2 Å². The Morgan fingerprint density at radius 1 is 1.53 bits per heavy atom. The standard InChI is InChI=1S/C13H21N3O/c1-4-16(13(17)8-10(2)14)9-12-7-5-6-11(3)15-12/h5-7,10H,4,8-9,14H2,1-3H3. The molecule has 1 atom stereocenters. The maximum Gasteiger partial charge on any atom is 0.224 e. The number of carbonyl (C=O) groups is 1. The number of hydrogen-bond donors (Lipinski definition) is 1. The van der Waals surface area contributed by atoms with Crippen molar-refractivity contribution in [3.63, 3.8) is 0 Å². The van der Waals surface area contributed by atoms with Gasteiger partial charge in [0.15, 0.2) is 0 Å². The summed E-state index contributed by atoms with van der Waals surface area (Å²) < 4.78 is 0. The molecule has 1 aromatic rings. The van der Waals surface area contributed by atoms with Crippen LogP contribution in [-0.4, -0.2) is 28.4 Å². The zero-order chi connectivity index (χ0) is 12.8. The third kappa shape index (κ3) is 4.53. The molecule has 4 nitrogen and oxygen atoms in total. The van der Waals surface area contributed by atoms with E-state index in [1.807, 2.05) is 39.0 Å². The largest absolute Gasteiger partial charge is 0.337 e. The molecule has 0 saturated heterocycles. The molecule has 1 unspecified atom stereocenters. The summed E-state index contributed by atoms with van der Waals surface area (Å²) in [6.45, 7) is 7.00. The van der Waals surface area contributed by atoms with Crippen LogP contribution >= 0.6 is 0 Å². The highest BCUT2D eigenvalue weighted by atomic mass is 16.2. The van der Waals surface area contributed by atoms with E-state index < -0.39 is 0 Å². The highest BCUT2D eigenvalue weighted by molar-refractivity contribution is 5.76. The third-order valence-electron chi connectivity index (χ3n) is 2.53. The van der Waals surface area contributed by atoms with Crippen LogP contribution in [0, 0.1) is 6.92 Å². The molecule has 0 aliphatic carbocycles. The Hall–Kier alpha value is -1.42. The van der Waals surface area contributed by atoms with Crippen LogP contribution in [0.2, 0.25) is 0 Å². The Morgan fingerprint density at radius 2 is 2.24 bits per heavy atom. The van der Waals surface area contributed by atoms with E-state index in [9.17, 15) is 4.79 Å². The van der Waals surface area contributed by atoms with Crippen LogP contribution in [0.5, 0.6) is 0 Å². The molecule has 0 aliphatic heterocycles. The van der Waals surface area contributed by atoms with Crippen molar-refractivity contribution in [1.29, 1.82) is 0 Å². The number of aryl methyl sites for hydroxylation is 1. The van der Waals surface area contributed by atoms with Crippen molar-refractivity contribution >= 4 is 5.91 Å². The minimum Gasteiger partial charge on any atom is -0.337 e. The summed E-state index contributed by atoms with van der Waals surface area (Å²) in [5, 5.41) is 0. The first kappa shape index (κ1) is 13.6. The molecule has 0 fully saturated rings. The lowest BCUT2D eigenvalue weighted by molar-refractivity contribution is -0.131. The molecule has 4 heteroatoms. The minimum absolute atomic E-state index is 0.0887. The van der Waals surface area contributed by atoms with Crippen molar-refractivity contribution in [2.24, 2.45) is 5.73 Å². The number of pyridine rings is 1. The summed E-state index contributed by atoms with van der Waals surface area (Å²) in [5.74, 6) is 0.0887. The normalized spacial score (nSPS) is 12.2. The summed E-state index contributed by atoms with van der Waals surface area (Å²) in [5.41, 5.74) is 7.53. The fourth-order valence-electron chi connectivity index (χ4n) is 1.66. The number of nitrogens with two attached hydrogens (primary N) is 1. The average molecular weight is 235 g/mol. The Morgan fingerprint density at radius 3 is 2.76 bits per heavy atom. The van der Waals surface area contributed by atoms with Crippen LogP contribution in [0.4, 0.5) is 0 Å². The molecule has 17 heavy (non-hydrogen) atoms. The van der Waals surface area contributed by atoms with Crippen molar-refractivity contribution in [3.05, 3.63) is 29.6 Å². The highest BCUT2D eigenvalue weighted by Crippen LogP contribution is 2.05. The zero-order valence-corrected chi connectivity index (χ0v) is 10.8. The Bertz CT molecular complexity index is 377. The molecule has 0 saturated carbocycles. The Balaban J connectivity index is 2.66. The predicted molar refractivity (Wildman–Crippen MR) is 68.3 cm³/mol. The van der Waals surface area contributed by atoms with Gasteiger partial charge in [-0.25, -0.2) is 0 Å². The molecule has 1 rings (SSSR count). The van der Waals surface area contributed by atoms with E-state index in [2.05, 4.69) is 4.98 Å². The lowest BCUT2D eigenvalue weighted by atomic mass is 10.2. The number of carbonyl (C=O) groups excluding carboxylic acids is 1. The van der Waals surface area contributed by atoms with E-state index >= 15 is 0 Å². The SMILES string of the molecule is CCN(Cc1cccc(C)n1)C(=O)CC(C)N. The van der Waals surface area contributed by atoms with Crippen molar-refractivity contribution < 1.29 is 4.79 Å². The number of hydrogen-bond acceptors (Lipinski definition) is 3. The molecule has 2 N–H and O–H groups in total. The predicted octanol–water partition coefficient (Wildman–Crippen LogP) is 1.48. The molecule has 0 aromatic carbocycles. The molecule has 0 radical (unpaired) electrons. The second kappa shape index (κ2) is 6.35. The maximum atomic E-state index is 11.9. The van der Waals surface area contributed by atoms with Gasteiger partial charge in [0.2, 0.25) is 5.91 Å². The summed E-state index contributed by atoms with van der Waals surface area (Å²) in [4.78, 5) is 18.1. The molecule has 0 spiro atoms. The van der Waals surface area contributed by atoms with Crippen molar-refractivity contribution in [2.75, 3.05) is 6.54 Å². The quantitative estimate of drug-likeness (QED) is 0.841. The smallest absolute Gasteiger partial charge is 0.224 e. The first-order valence-corrected chi connectivity index (χ1v) is 5.98. The van der Waals surface area contributed by atoms with Crippen molar-refractivity contribution in [2.45, 2.75) is 39.8 Å². The topological polar surface area (TPSA) is 59.2 Å². The van der Waals surface area contributed by atoms with Crippen LogP contribution in [0.1, 0.15) is 31.7 Å². The monoisotopic (exact) mass is 235 g/mol. The minimum atomic E-state index is -0.0954. The van der Waals surface area contributed by atoms with Gasteiger partial charge in [0, 0.05) is 24.7 Å². The molecule has 0 bridgehead atoms. The van der Waals surface area contributed by atoms with Gasteiger partial charge in [-0.2, -0.15) is 0 Å². The van der Waals surface area contributed by atoms with Gasteiger partial charge in [-0.3, -0.25) is 9.78 Å². The molecule has 94 valence electrons. The van der Waals surface area contributed by atoms with Gasteiger partial charge < -0.3 is 10.6 Å². The van der Waals surface area contributed by atoms with Crippen LogP contribution < -0.4 is 5.73 Å². The summed E-state index contributed by atoms with van der Waals surface area (Å²) >= 11 is 0. The van der Waals surface area contributed by atoms with E-state index in [-0.39, 0.29) is 11.9 Å². The fourth-order valence-corrected chi connectivity index (χ4v) is 1.66. The van der Waals surface area contributed by atoms with Gasteiger partial charge in [-0.1, -0.05) is 6.07 Å². The van der Waals surface area contributed by atoms with E-state index in [1.54, 1.807) is 4.90 Å². The van der Waals surface area contributed by atoms with Crippen LogP contribution in [0.3, 0.4) is 0 Å². The van der Waals surface area contributed by atoms with Gasteiger partial charge in [0.1, 0.15) is 0 Å². The number of nitrogens with zero attached hydrogens (tertiary/aromatic N) is 2. The van der Waals surface area contributed by atoms with Crippen LogP contribution in [0.25, 0.3) is 0 Å². The van der Waals surface area contributed by atoms with Gasteiger partial charge >= 0.3 is 0 Å². The van der Waals surface area contributed by atoms with Gasteiger partial charge in [-0.15, -0.1) is 0 Å². The van der Waals surface area contributed by atoms with Crippen molar-refractivity contribution in [1.82, 2.24) is 9.88 Å². The maximum absolute atomic E-state index is 11.9. The lowest BCUT2D eigenvalue weighted by Gasteiger charge is -2.21. The Labute approximate surface area is 103 Å². The van der Waals surface area contributed by atoms with Crippen LogP contribution in [-0.2, 0) is 11.3 Å². The summed E-state index contributed by atoms with van der Waals surface area (Å²) in [7, 11) is 0. The van der Waals surface area contributed by atoms with Crippen molar-refractivity contribution in [3.8, 4) is 0 Å². The molecule has 1 heterocycles. The molecular weight excluding hydrogens is 214 g/mol. The average Bonchev–Trinajstić information content (AvgIpc) is 2.24. The lowest BCUT2D eigenvalue weighted by Crippen LogP contribution is -2.34. The second-order valence-corrected chi connectivity index (χ2v) is 4.36. The zero-order valence-electron chi connectivity index (χ0n) is 10.8. The van der Waals surface area contributed by atoms with Gasteiger partial charge in [0.25, 0.3) is 0 Å². The second-order valence-electron chi connectivity index (χ2n) is 4.36. The fraction of sp³-hybridized carbons (Fsp3) is 0.538. The molecule has 1 aromatic heterocycles. The molecule has 0 aliphatic rings. The van der Waals surface area contributed by atoms with Crippen LogP contribution in [0.15, 0.2) is 18.2 Å². The highest BCUT2D eigenvalue weighted by Gasteiger charge is 2.14. The van der Waals surface area contributed by atoms with E-state index in [1.165, 1.54) is 0 Å². The first-order valence-electron chi connectivity index (χ1n) is 5.98. The number of aromatic nitrogens is 1. The molecular formula is C13H21N3O. The van der Waals surface area contributed by atoms with E-state index in [4.69, 9.17) is 5.73 Å².